The van der Waals surface area contributed by atoms with E-state index in [1.165, 1.54) is 84.3 Å². The highest BCUT2D eigenvalue weighted by molar-refractivity contribution is 6.97. The minimum absolute atomic E-state index is 0.0348. The maximum absolute atomic E-state index is 11.5. The number of aromatic nitrogens is 4. The van der Waals surface area contributed by atoms with Crippen molar-refractivity contribution in [2.45, 2.75) is 69.2 Å². The monoisotopic (exact) mass is 614 g/mol. The fraction of sp³-hybridized carbons (Fsp3) is 0.270. The van der Waals surface area contributed by atoms with Gasteiger partial charge in [0.05, 0.1) is 11.9 Å². The third-order valence-corrected chi connectivity index (χ3v) is 9.00. The van der Waals surface area contributed by atoms with Gasteiger partial charge in [0.2, 0.25) is 6.71 Å². The lowest BCUT2D eigenvalue weighted by Gasteiger charge is -2.29. The summed E-state index contributed by atoms with van der Waals surface area (Å²) in [4.78, 5) is 31.7. The molecule has 46 heavy (non-hydrogen) atoms. The average molecular weight is 615 g/mol. The molecule has 2 heterocycles. The number of hydrogen-bond donors (Lipinski definition) is 1. The lowest BCUT2D eigenvalue weighted by Crippen LogP contribution is -2.57. The van der Waals surface area contributed by atoms with Crippen molar-refractivity contribution in [1.29, 1.82) is 0 Å². The highest BCUT2D eigenvalue weighted by atomic mass is 16.4. The van der Waals surface area contributed by atoms with Gasteiger partial charge in [-0.3, -0.25) is 0 Å². The highest BCUT2D eigenvalue weighted by Crippen LogP contribution is 2.30. The molecule has 9 heteroatoms. The Hall–Kier alpha value is -5.14. The number of rotatable bonds is 6. The van der Waals surface area contributed by atoms with E-state index in [0.717, 1.165) is 11.3 Å². The van der Waals surface area contributed by atoms with Crippen LogP contribution in [0, 0.1) is 69.2 Å². The molecule has 0 spiro atoms. The van der Waals surface area contributed by atoms with Crippen molar-refractivity contribution in [3.63, 3.8) is 0 Å². The number of carbonyl (C=O) groups is 1. The average Bonchev–Trinajstić information content (AvgIpc) is 3.45. The predicted molar refractivity (Wildman–Crippen MR) is 181 cm³/mol. The summed E-state index contributed by atoms with van der Waals surface area (Å²) in [5.74, 6) is -1.08. The lowest BCUT2D eigenvalue weighted by atomic mass is 9.32. The zero-order valence-electron chi connectivity index (χ0n) is 28.2. The minimum Gasteiger partial charge on any atom is -0.477 e. The van der Waals surface area contributed by atoms with Crippen LogP contribution < -0.4 is 16.4 Å². The number of benzene rings is 3. The fourth-order valence-corrected chi connectivity index (χ4v) is 7.07. The third kappa shape index (κ3) is 6.32. The van der Waals surface area contributed by atoms with E-state index in [1.807, 2.05) is 6.20 Å². The van der Waals surface area contributed by atoms with Gasteiger partial charge < -0.3 is 5.11 Å². The number of nitrogens with zero attached hydrogens (tertiary/aromatic N) is 4. The summed E-state index contributed by atoms with van der Waals surface area (Å²) in [6, 6.07) is 12.5. The van der Waals surface area contributed by atoms with Gasteiger partial charge in [-0.25, -0.2) is 14.5 Å². The second kappa shape index (κ2) is 13.5. The number of aryl methyl sites for hydroxylation is 6. The summed E-state index contributed by atoms with van der Waals surface area (Å²) < 4.78 is 1.61. The van der Waals surface area contributed by atoms with Crippen LogP contribution in [0.1, 0.15) is 66.1 Å². The number of aromatic carboxylic acids is 1. The Kier molecular flexibility index (Phi) is 9.88. The molecule has 0 fully saturated rings. The van der Waals surface area contributed by atoms with E-state index in [2.05, 4.69) is 109 Å². The maximum Gasteiger partial charge on any atom is 0.373 e. The van der Waals surface area contributed by atoms with Gasteiger partial charge in [-0.1, -0.05) is 90.4 Å². The normalized spacial score (nSPS) is 10.7. The van der Waals surface area contributed by atoms with Crippen LogP contribution in [0.15, 0.2) is 48.8 Å². The first-order valence-corrected chi connectivity index (χ1v) is 15.1. The van der Waals surface area contributed by atoms with E-state index in [4.69, 9.17) is 9.59 Å². The van der Waals surface area contributed by atoms with Gasteiger partial charge in [0, 0.05) is 11.8 Å². The first-order valence-electron chi connectivity index (χ1n) is 15.1. The molecule has 1 N–H and O–H groups in total. The molecule has 0 amide bonds. The van der Waals surface area contributed by atoms with Crippen molar-refractivity contribution in [3.05, 3.63) is 110 Å². The van der Waals surface area contributed by atoms with E-state index in [-0.39, 0.29) is 18.6 Å². The molecule has 0 aliphatic carbocycles. The first-order chi connectivity index (χ1) is 21.7. The quantitative estimate of drug-likeness (QED) is 0.267. The second-order valence-electron chi connectivity index (χ2n) is 12.2. The minimum atomic E-state index is -1.08. The van der Waals surface area contributed by atoms with Crippen molar-refractivity contribution in [2.24, 2.45) is 0 Å². The van der Waals surface area contributed by atoms with Gasteiger partial charge in [0.1, 0.15) is 11.4 Å². The van der Waals surface area contributed by atoms with E-state index in [0.29, 0.717) is 5.69 Å². The van der Waals surface area contributed by atoms with E-state index >= 15 is 0 Å². The second-order valence-corrected chi connectivity index (χ2v) is 12.2. The van der Waals surface area contributed by atoms with Crippen LogP contribution in [0.3, 0.4) is 0 Å². The van der Waals surface area contributed by atoms with Crippen LogP contribution in [0.4, 0.5) is 0 Å². The Morgan fingerprint density at radius 3 is 1.61 bits per heavy atom. The van der Waals surface area contributed by atoms with Crippen LogP contribution in [-0.4, -0.2) is 43.9 Å². The largest absolute Gasteiger partial charge is 0.477 e. The molecule has 0 aliphatic heterocycles. The first kappa shape index (κ1) is 33.8. The predicted octanol–water partition coefficient (Wildman–Crippen LogP) is 5.04. The number of pyridine rings is 1. The molecule has 3 aromatic carbocycles. The summed E-state index contributed by atoms with van der Waals surface area (Å²) in [7, 11) is 0. The molecule has 0 aliphatic rings. The van der Waals surface area contributed by atoms with Crippen molar-refractivity contribution in [3.8, 4) is 16.9 Å². The number of carboxylic acid groups (broad SMARTS) is 1. The molecule has 0 bridgehead atoms. The van der Waals surface area contributed by atoms with Gasteiger partial charge in [-0.2, -0.15) is 9.59 Å². The molecule has 0 radical (unpaired) electrons. The molecule has 2 aromatic heterocycles. The van der Waals surface area contributed by atoms with Gasteiger partial charge >= 0.3 is 12.1 Å². The topological polar surface area (TPSA) is 115 Å². The zero-order chi connectivity index (χ0) is 34.0. The third-order valence-electron chi connectivity index (χ3n) is 9.00. The Morgan fingerprint density at radius 2 is 1.17 bits per heavy atom. The smallest absolute Gasteiger partial charge is 0.373 e. The van der Waals surface area contributed by atoms with E-state index in [1.54, 1.807) is 10.7 Å². The summed E-state index contributed by atoms with van der Waals surface area (Å²) in [5, 5.41) is 18.3. The van der Waals surface area contributed by atoms with Crippen molar-refractivity contribution in [1.82, 2.24) is 20.0 Å². The Bertz CT molecular complexity index is 1890. The highest BCUT2D eigenvalue weighted by Gasteiger charge is 2.33. The van der Waals surface area contributed by atoms with Crippen molar-refractivity contribution in [2.75, 3.05) is 0 Å². The summed E-state index contributed by atoms with van der Waals surface area (Å²) in [5.41, 5.74) is 19.1. The molecule has 0 saturated heterocycles. The summed E-state index contributed by atoms with van der Waals surface area (Å²) in [6.45, 7) is 22.2. The lowest BCUT2D eigenvalue weighted by molar-refractivity contribution is -0.191. The van der Waals surface area contributed by atoms with E-state index < -0.39 is 5.97 Å². The van der Waals surface area contributed by atoms with Gasteiger partial charge in [0.25, 0.3) is 0 Å². The van der Waals surface area contributed by atoms with Crippen LogP contribution in [-0.2, 0) is 9.59 Å². The number of hydrogen-bond acceptors (Lipinski definition) is 6. The van der Waals surface area contributed by atoms with Crippen LogP contribution in [0.2, 0.25) is 0 Å². The Morgan fingerprint density at radius 1 is 0.717 bits per heavy atom. The van der Waals surface area contributed by atoms with Gasteiger partial charge in [-0.15, -0.1) is 5.10 Å². The fourth-order valence-electron chi connectivity index (χ4n) is 7.07. The van der Waals surface area contributed by atoms with Gasteiger partial charge in [-0.05, 0) is 92.5 Å². The molecular formula is C37H39BN4O4. The van der Waals surface area contributed by atoms with Crippen LogP contribution >= 0.6 is 0 Å². The number of carboxylic acids is 1. The summed E-state index contributed by atoms with van der Waals surface area (Å²) >= 11 is 0. The molecule has 234 valence electrons. The SMILES string of the molecule is Cc1cc(C)c(B(c2c(C)cc(C)cc2C)c2c(C)c(C)c(-c3cn(-c4ccnc(C(=O)O)c4)nn3)c(C)c2C)c(C)c1.O=C=O. The zero-order valence-corrected chi connectivity index (χ0v) is 28.2. The molecule has 5 rings (SSSR count). The molecule has 5 aromatic rings. The van der Waals surface area contributed by atoms with Crippen LogP contribution in [0.25, 0.3) is 16.9 Å². The Balaban J connectivity index is 0.00000154. The molecule has 0 saturated carbocycles. The molecule has 0 atom stereocenters. The molecular weight excluding hydrogens is 575 g/mol. The Labute approximate surface area is 270 Å². The molecule has 8 nitrogen and oxygen atoms in total. The van der Waals surface area contributed by atoms with Crippen molar-refractivity contribution >= 4 is 35.2 Å². The van der Waals surface area contributed by atoms with E-state index in [9.17, 15) is 9.90 Å². The maximum atomic E-state index is 11.5. The van der Waals surface area contributed by atoms with Gasteiger partial charge in [0.15, 0.2) is 0 Å². The molecule has 0 unspecified atom stereocenters. The van der Waals surface area contributed by atoms with Crippen molar-refractivity contribution < 1.29 is 19.5 Å². The number of carbonyl (C=O) groups excluding carboxylic acids is 2. The van der Waals surface area contributed by atoms with Crippen LogP contribution in [0.5, 0.6) is 0 Å². The standard InChI is InChI=1S/C36H39BN4O2.CO2/c1-19-13-21(3)33(22(4)14-19)37(34-23(5)15-20(2)16-24(34)6)35-27(9)25(7)32(26(8)28(35)10)31-18-41(40-39-31)29-11-12-38-30(17-29)36(42)43;2-1-3/h11-18H,1-10H3,(H,42,43);. The summed E-state index contributed by atoms with van der Waals surface area (Å²) in [6.07, 6.45) is 3.60.